The Hall–Kier alpha value is -1.14. The Morgan fingerprint density at radius 3 is 2.44 bits per heavy atom. The Labute approximate surface area is 96.7 Å². The fourth-order valence-electron chi connectivity index (χ4n) is 1.04. The van der Waals surface area contributed by atoms with Gasteiger partial charge in [0.05, 0.1) is 15.6 Å². The molecule has 0 aliphatic carbocycles. The topological polar surface area (TPSA) is 115 Å². The van der Waals surface area contributed by atoms with E-state index in [1.54, 1.807) is 0 Å². The molecule has 1 rings (SSSR count). The fourth-order valence-corrected chi connectivity index (χ4v) is 1.91. The van der Waals surface area contributed by atoms with Gasteiger partial charge < -0.3 is 4.67 Å². The second kappa shape index (κ2) is 4.39. The zero-order valence-corrected chi connectivity index (χ0v) is 9.98. The summed E-state index contributed by atoms with van der Waals surface area (Å²) in [5.41, 5.74) is 10.6. The SMILES string of the molecule is CN(c1ccc([N+](=O)[O-])cc1Cl)P(N)(N)=O. The summed E-state index contributed by atoms with van der Waals surface area (Å²) in [6, 6.07) is 3.71. The van der Waals surface area contributed by atoms with Crippen LogP contribution in [0.3, 0.4) is 0 Å². The second-order valence-corrected chi connectivity index (χ2v) is 5.44. The molecule has 1 aromatic carbocycles. The highest BCUT2D eigenvalue weighted by atomic mass is 35.5. The molecule has 0 aromatic heterocycles. The first-order valence-electron chi connectivity index (χ1n) is 4.09. The molecule has 16 heavy (non-hydrogen) atoms. The van der Waals surface area contributed by atoms with Crippen molar-refractivity contribution in [3.05, 3.63) is 33.3 Å². The van der Waals surface area contributed by atoms with Gasteiger partial charge in [0.25, 0.3) is 13.3 Å². The van der Waals surface area contributed by atoms with Gasteiger partial charge in [-0.1, -0.05) is 11.6 Å². The predicted molar refractivity (Wildman–Crippen MR) is 62.5 cm³/mol. The molecule has 0 fully saturated rings. The number of hydrogen-bond donors (Lipinski definition) is 2. The third-order valence-corrected chi connectivity index (χ3v) is 3.42. The van der Waals surface area contributed by atoms with Gasteiger partial charge in [0.1, 0.15) is 0 Å². The van der Waals surface area contributed by atoms with Gasteiger partial charge in [-0.05, 0) is 6.07 Å². The normalized spacial score (nSPS) is 11.2. The van der Waals surface area contributed by atoms with Crippen molar-refractivity contribution in [1.82, 2.24) is 0 Å². The van der Waals surface area contributed by atoms with Crippen LogP contribution in [0.5, 0.6) is 0 Å². The Morgan fingerprint density at radius 1 is 1.50 bits per heavy atom. The number of nitro groups is 1. The van der Waals surface area contributed by atoms with E-state index in [0.717, 1.165) is 10.7 Å². The number of anilines is 1. The van der Waals surface area contributed by atoms with Gasteiger partial charge in [-0.15, -0.1) is 0 Å². The Morgan fingerprint density at radius 2 is 2.06 bits per heavy atom. The first kappa shape index (κ1) is 12.9. The van der Waals surface area contributed by atoms with Gasteiger partial charge in [0, 0.05) is 19.2 Å². The molecule has 88 valence electrons. The van der Waals surface area contributed by atoms with Crippen molar-refractivity contribution in [3.63, 3.8) is 0 Å². The molecular weight excluding hydrogens is 255 g/mol. The Bertz CT molecular complexity index is 475. The smallest absolute Gasteiger partial charge is 0.300 e. The van der Waals surface area contributed by atoms with Crippen LogP contribution >= 0.6 is 19.2 Å². The van der Waals surface area contributed by atoms with Crippen molar-refractivity contribution in [2.45, 2.75) is 0 Å². The highest BCUT2D eigenvalue weighted by Crippen LogP contribution is 2.40. The zero-order valence-electron chi connectivity index (χ0n) is 8.33. The molecule has 0 atom stereocenters. The van der Waals surface area contributed by atoms with Crippen molar-refractivity contribution in [1.29, 1.82) is 0 Å². The van der Waals surface area contributed by atoms with Crippen LogP contribution in [0.1, 0.15) is 0 Å². The van der Waals surface area contributed by atoms with Gasteiger partial charge in [-0.3, -0.25) is 25.7 Å². The van der Waals surface area contributed by atoms with E-state index in [9.17, 15) is 14.7 Å². The van der Waals surface area contributed by atoms with Crippen LogP contribution in [0.25, 0.3) is 0 Å². The van der Waals surface area contributed by atoms with Gasteiger partial charge >= 0.3 is 0 Å². The number of nitrogens with two attached hydrogens (primary N) is 2. The number of rotatable bonds is 3. The number of benzene rings is 1. The maximum Gasteiger partial charge on any atom is 0.300 e. The van der Waals surface area contributed by atoms with E-state index < -0.39 is 12.5 Å². The van der Waals surface area contributed by atoms with Crippen LogP contribution in [-0.4, -0.2) is 12.0 Å². The number of halogens is 1. The van der Waals surface area contributed by atoms with E-state index in [2.05, 4.69) is 0 Å². The summed E-state index contributed by atoms with van der Waals surface area (Å²) in [6.45, 7) is 0. The van der Waals surface area contributed by atoms with E-state index >= 15 is 0 Å². The van der Waals surface area contributed by atoms with Gasteiger partial charge in [0.2, 0.25) is 0 Å². The summed E-state index contributed by atoms with van der Waals surface area (Å²) < 4.78 is 12.5. The Balaban J connectivity index is 3.19. The second-order valence-electron chi connectivity index (χ2n) is 3.09. The Kier molecular flexibility index (Phi) is 3.54. The average Bonchev–Trinajstić information content (AvgIpc) is 2.15. The van der Waals surface area contributed by atoms with E-state index in [-0.39, 0.29) is 16.4 Å². The predicted octanol–water partition coefficient (Wildman–Crippen LogP) is 1.71. The lowest BCUT2D eigenvalue weighted by atomic mass is 10.3. The van der Waals surface area contributed by atoms with Crippen molar-refractivity contribution in [2.24, 2.45) is 11.0 Å². The maximum absolute atomic E-state index is 11.4. The lowest BCUT2D eigenvalue weighted by molar-refractivity contribution is -0.384. The maximum atomic E-state index is 11.4. The molecule has 0 aliphatic heterocycles. The molecule has 0 aliphatic rings. The van der Waals surface area contributed by atoms with Crippen molar-refractivity contribution >= 4 is 30.6 Å². The quantitative estimate of drug-likeness (QED) is 0.488. The van der Waals surface area contributed by atoms with E-state index in [1.165, 1.54) is 19.2 Å². The van der Waals surface area contributed by atoms with Crippen molar-refractivity contribution in [2.75, 3.05) is 11.7 Å². The molecule has 7 nitrogen and oxygen atoms in total. The van der Waals surface area contributed by atoms with Crippen LogP contribution in [-0.2, 0) is 4.57 Å². The lowest BCUT2D eigenvalue weighted by Crippen LogP contribution is -2.24. The molecule has 0 saturated heterocycles. The molecule has 0 unspecified atom stereocenters. The summed E-state index contributed by atoms with van der Waals surface area (Å²) in [5, 5.41) is 10.5. The minimum absolute atomic E-state index is 0.0628. The molecular formula is C7H10ClN4O3P. The number of non-ortho nitro benzene ring substituents is 1. The van der Waals surface area contributed by atoms with E-state index in [4.69, 9.17) is 22.6 Å². The highest BCUT2D eigenvalue weighted by molar-refractivity contribution is 7.60. The first-order valence-corrected chi connectivity index (χ1v) is 6.26. The third kappa shape index (κ3) is 2.70. The monoisotopic (exact) mass is 264 g/mol. The highest BCUT2D eigenvalue weighted by Gasteiger charge is 2.20. The molecule has 0 saturated carbocycles. The van der Waals surface area contributed by atoms with Crippen LogP contribution in [0.2, 0.25) is 5.02 Å². The van der Waals surface area contributed by atoms with E-state index in [0.29, 0.717) is 0 Å². The molecule has 4 N–H and O–H groups in total. The van der Waals surface area contributed by atoms with Crippen LogP contribution in [0.15, 0.2) is 18.2 Å². The van der Waals surface area contributed by atoms with Crippen molar-refractivity contribution < 1.29 is 9.49 Å². The largest absolute Gasteiger partial charge is 0.301 e. The van der Waals surface area contributed by atoms with Gasteiger partial charge in [-0.2, -0.15) is 0 Å². The van der Waals surface area contributed by atoms with Crippen molar-refractivity contribution in [3.8, 4) is 0 Å². The summed E-state index contributed by atoms with van der Waals surface area (Å²) in [6.07, 6.45) is 0. The summed E-state index contributed by atoms with van der Waals surface area (Å²) >= 11 is 5.80. The molecule has 1 aromatic rings. The summed E-state index contributed by atoms with van der Waals surface area (Å²) in [7, 11) is -2.07. The van der Waals surface area contributed by atoms with Crippen LogP contribution in [0, 0.1) is 10.1 Å². The van der Waals surface area contributed by atoms with Gasteiger partial charge in [0.15, 0.2) is 0 Å². The van der Waals surface area contributed by atoms with Crippen LogP contribution < -0.4 is 15.7 Å². The van der Waals surface area contributed by atoms with Gasteiger partial charge in [-0.25, -0.2) is 0 Å². The first-order chi connectivity index (χ1) is 7.23. The standard InChI is InChI=1S/C7H10ClN4O3P/c1-11(16(9,10)15)7-3-2-5(12(13)14)4-6(7)8/h2-4H,1H3,(H4,9,10,15). The number of nitro benzene ring substituents is 1. The number of hydrogen-bond acceptors (Lipinski definition) is 3. The summed E-state index contributed by atoms with van der Waals surface area (Å²) in [5.74, 6) is 0. The average molecular weight is 265 g/mol. The minimum Gasteiger partial charge on any atom is -0.301 e. The zero-order chi connectivity index (χ0) is 12.5. The molecule has 0 heterocycles. The molecule has 0 spiro atoms. The molecule has 9 heteroatoms. The third-order valence-electron chi connectivity index (χ3n) is 1.96. The molecule has 0 bridgehead atoms. The molecule has 0 amide bonds. The molecule has 0 radical (unpaired) electrons. The summed E-state index contributed by atoms with van der Waals surface area (Å²) in [4.78, 5) is 9.88. The minimum atomic E-state index is -3.47. The van der Waals surface area contributed by atoms with Crippen LogP contribution in [0.4, 0.5) is 11.4 Å². The number of nitrogens with zero attached hydrogens (tertiary/aromatic N) is 2. The fraction of sp³-hybridized carbons (Fsp3) is 0.143. The van der Waals surface area contributed by atoms with E-state index in [1.807, 2.05) is 0 Å². The lowest BCUT2D eigenvalue weighted by Gasteiger charge is -2.23.